The molecule has 5 heteroatoms. The molecule has 104 valence electrons. The van der Waals surface area contributed by atoms with Crippen LogP contribution in [-0.2, 0) is 4.79 Å². The molecule has 1 saturated heterocycles. The summed E-state index contributed by atoms with van der Waals surface area (Å²) >= 11 is 0. The second-order valence-electron chi connectivity index (χ2n) is 4.87. The van der Waals surface area contributed by atoms with E-state index >= 15 is 0 Å². The number of hydrogen-bond donors (Lipinski definition) is 1. The Hall–Kier alpha value is -1.46. The van der Waals surface area contributed by atoms with Gasteiger partial charge in [0.25, 0.3) is 0 Å². The van der Waals surface area contributed by atoms with Gasteiger partial charge in [-0.25, -0.2) is 4.39 Å². The number of anilines is 1. The molecule has 1 unspecified atom stereocenters. The third kappa shape index (κ3) is 3.11. The van der Waals surface area contributed by atoms with Crippen molar-refractivity contribution < 1.29 is 9.18 Å². The van der Waals surface area contributed by atoms with Crippen LogP contribution in [0.2, 0.25) is 0 Å². The molecular weight excluding hydrogens is 245 g/mol. The zero-order valence-electron chi connectivity index (χ0n) is 11.4. The molecule has 0 saturated carbocycles. The quantitative estimate of drug-likeness (QED) is 0.885. The lowest BCUT2D eigenvalue weighted by atomic mass is 10.2. The summed E-state index contributed by atoms with van der Waals surface area (Å²) in [4.78, 5) is 15.8. The van der Waals surface area contributed by atoms with Crippen LogP contribution in [0.5, 0.6) is 0 Å². The van der Waals surface area contributed by atoms with Crippen LogP contribution in [0.1, 0.15) is 6.92 Å². The van der Waals surface area contributed by atoms with E-state index < -0.39 is 0 Å². The topological polar surface area (TPSA) is 35.6 Å². The molecule has 1 fully saturated rings. The molecular formula is C14H20FN3O. The Kier molecular flexibility index (Phi) is 4.50. The summed E-state index contributed by atoms with van der Waals surface area (Å²) < 4.78 is 13.7. The average molecular weight is 265 g/mol. The first-order valence-corrected chi connectivity index (χ1v) is 6.57. The van der Waals surface area contributed by atoms with Gasteiger partial charge >= 0.3 is 0 Å². The maximum Gasteiger partial charge on any atom is 0.241 e. The van der Waals surface area contributed by atoms with Crippen LogP contribution < -0.4 is 10.2 Å². The molecule has 1 amide bonds. The molecule has 1 aliphatic heterocycles. The van der Waals surface area contributed by atoms with Crippen molar-refractivity contribution in [3.8, 4) is 0 Å². The third-order valence-electron chi connectivity index (χ3n) is 3.52. The number of hydrogen-bond acceptors (Lipinski definition) is 3. The molecule has 0 spiro atoms. The molecule has 1 aliphatic rings. The van der Waals surface area contributed by atoms with Gasteiger partial charge in [-0.05, 0) is 26.1 Å². The summed E-state index contributed by atoms with van der Waals surface area (Å²) in [6.45, 7) is 4.57. The van der Waals surface area contributed by atoms with Gasteiger partial charge < -0.3 is 10.2 Å². The van der Waals surface area contributed by atoms with Gasteiger partial charge in [-0.3, -0.25) is 9.69 Å². The van der Waals surface area contributed by atoms with Crippen molar-refractivity contribution in [2.75, 3.05) is 38.1 Å². The SMILES string of the molecule is CNCC(C)N1CCN(c2ccccc2F)C(=O)C1. The predicted molar refractivity (Wildman–Crippen MR) is 73.7 cm³/mol. The van der Waals surface area contributed by atoms with Crippen molar-refractivity contribution in [1.29, 1.82) is 0 Å². The second-order valence-corrected chi connectivity index (χ2v) is 4.87. The van der Waals surface area contributed by atoms with E-state index in [1.54, 1.807) is 18.2 Å². The number of para-hydroxylation sites is 1. The highest BCUT2D eigenvalue weighted by atomic mass is 19.1. The zero-order chi connectivity index (χ0) is 13.8. The number of nitrogens with one attached hydrogen (secondary N) is 1. The highest BCUT2D eigenvalue weighted by Crippen LogP contribution is 2.21. The molecule has 0 aliphatic carbocycles. The molecule has 0 radical (unpaired) electrons. The summed E-state index contributed by atoms with van der Waals surface area (Å²) in [5, 5.41) is 3.11. The van der Waals surface area contributed by atoms with Gasteiger partial charge in [0, 0.05) is 25.7 Å². The Morgan fingerprint density at radius 3 is 2.74 bits per heavy atom. The number of benzene rings is 1. The Bertz CT molecular complexity index is 452. The van der Waals surface area contributed by atoms with E-state index in [2.05, 4.69) is 17.1 Å². The lowest BCUT2D eigenvalue weighted by molar-refractivity contribution is -0.121. The van der Waals surface area contributed by atoms with Crippen LogP contribution in [0.4, 0.5) is 10.1 Å². The first kappa shape index (κ1) is 14.0. The molecule has 4 nitrogen and oxygen atoms in total. The molecule has 1 atom stereocenters. The van der Waals surface area contributed by atoms with Crippen molar-refractivity contribution in [3.63, 3.8) is 0 Å². The highest BCUT2D eigenvalue weighted by Gasteiger charge is 2.28. The molecule has 1 heterocycles. The number of rotatable bonds is 4. The van der Waals surface area contributed by atoms with Crippen molar-refractivity contribution >= 4 is 11.6 Å². The smallest absolute Gasteiger partial charge is 0.241 e. The van der Waals surface area contributed by atoms with E-state index in [0.717, 1.165) is 13.1 Å². The van der Waals surface area contributed by atoms with Gasteiger partial charge in [-0.2, -0.15) is 0 Å². The van der Waals surface area contributed by atoms with Gasteiger partial charge in [0.05, 0.1) is 12.2 Å². The largest absolute Gasteiger partial charge is 0.318 e. The lowest BCUT2D eigenvalue weighted by Crippen LogP contribution is -2.54. The standard InChI is InChI=1S/C14H20FN3O/c1-11(9-16-2)17-7-8-18(14(19)10-17)13-6-4-3-5-12(13)15/h3-6,11,16H,7-10H2,1-2H3. The van der Waals surface area contributed by atoms with Gasteiger partial charge in [-0.15, -0.1) is 0 Å². The second kappa shape index (κ2) is 6.12. The fourth-order valence-corrected chi connectivity index (χ4v) is 2.42. The summed E-state index contributed by atoms with van der Waals surface area (Å²) in [7, 11) is 1.90. The van der Waals surface area contributed by atoms with Crippen molar-refractivity contribution in [1.82, 2.24) is 10.2 Å². The Labute approximate surface area is 113 Å². The van der Waals surface area contributed by atoms with Gasteiger partial charge in [-0.1, -0.05) is 12.1 Å². The zero-order valence-corrected chi connectivity index (χ0v) is 11.4. The number of likely N-dealkylation sites (N-methyl/N-ethyl adjacent to an activating group) is 1. The fraction of sp³-hybridized carbons (Fsp3) is 0.500. The van der Waals surface area contributed by atoms with Crippen LogP contribution >= 0.6 is 0 Å². The fourth-order valence-electron chi connectivity index (χ4n) is 2.42. The first-order chi connectivity index (χ1) is 9.13. The maximum absolute atomic E-state index is 13.7. The molecule has 1 aromatic rings. The number of piperazine rings is 1. The number of carbonyl (C=O) groups is 1. The number of carbonyl (C=O) groups excluding carboxylic acids is 1. The van der Waals surface area contributed by atoms with Crippen LogP contribution in [0.15, 0.2) is 24.3 Å². The van der Waals surface area contributed by atoms with Crippen LogP contribution in [0.25, 0.3) is 0 Å². The molecule has 19 heavy (non-hydrogen) atoms. The summed E-state index contributed by atoms with van der Waals surface area (Å²) in [6.07, 6.45) is 0. The summed E-state index contributed by atoms with van der Waals surface area (Å²) in [5.74, 6) is -0.383. The Morgan fingerprint density at radius 1 is 1.37 bits per heavy atom. The van der Waals surface area contributed by atoms with Crippen molar-refractivity contribution in [2.24, 2.45) is 0 Å². The average Bonchev–Trinajstić information content (AvgIpc) is 2.40. The third-order valence-corrected chi connectivity index (χ3v) is 3.52. The molecule has 0 bridgehead atoms. The van der Waals surface area contributed by atoms with E-state index in [1.807, 2.05) is 7.05 Å². The minimum Gasteiger partial charge on any atom is -0.318 e. The molecule has 1 aromatic carbocycles. The molecule has 2 rings (SSSR count). The van der Waals surface area contributed by atoms with Gasteiger partial charge in [0.1, 0.15) is 5.82 Å². The highest BCUT2D eigenvalue weighted by molar-refractivity contribution is 5.95. The predicted octanol–water partition coefficient (Wildman–Crippen LogP) is 1.08. The monoisotopic (exact) mass is 265 g/mol. The van der Waals surface area contributed by atoms with E-state index in [4.69, 9.17) is 0 Å². The minimum atomic E-state index is -0.340. The minimum absolute atomic E-state index is 0.0423. The molecule has 0 aromatic heterocycles. The number of nitrogens with zero attached hydrogens (tertiary/aromatic N) is 2. The maximum atomic E-state index is 13.7. The van der Waals surface area contributed by atoms with Gasteiger partial charge in [0.2, 0.25) is 5.91 Å². The summed E-state index contributed by atoms with van der Waals surface area (Å²) in [5.41, 5.74) is 0.383. The van der Waals surface area contributed by atoms with E-state index in [-0.39, 0.29) is 11.7 Å². The van der Waals surface area contributed by atoms with Crippen LogP contribution in [0, 0.1) is 5.82 Å². The van der Waals surface area contributed by atoms with Crippen molar-refractivity contribution in [2.45, 2.75) is 13.0 Å². The van der Waals surface area contributed by atoms with Gasteiger partial charge in [0.15, 0.2) is 0 Å². The van der Waals surface area contributed by atoms with Crippen LogP contribution in [0.3, 0.4) is 0 Å². The molecule has 1 N–H and O–H groups in total. The first-order valence-electron chi connectivity index (χ1n) is 6.57. The lowest BCUT2D eigenvalue weighted by Gasteiger charge is -2.37. The van der Waals surface area contributed by atoms with Crippen molar-refractivity contribution in [3.05, 3.63) is 30.1 Å². The van der Waals surface area contributed by atoms with E-state index in [9.17, 15) is 9.18 Å². The van der Waals surface area contributed by atoms with E-state index in [1.165, 1.54) is 11.0 Å². The number of amides is 1. The Balaban J connectivity index is 2.05. The van der Waals surface area contributed by atoms with Crippen LogP contribution in [-0.4, -0.2) is 50.1 Å². The number of halogens is 1. The Morgan fingerprint density at radius 2 is 2.11 bits per heavy atom. The summed E-state index contributed by atoms with van der Waals surface area (Å²) in [6, 6.07) is 6.73. The normalized spacial score (nSPS) is 18.7. The van der Waals surface area contributed by atoms with E-state index in [0.29, 0.717) is 24.8 Å².